The quantitative estimate of drug-likeness (QED) is 0.739. The molecule has 3 aromatic rings. The Balaban J connectivity index is 1.82. The largest absolute Gasteiger partial charge is 0.492 e. The summed E-state index contributed by atoms with van der Waals surface area (Å²) in [6.45, 7) is 7.46. The SMILES string of the molecule is CCc1nc2sc([C@@H](c3cccc(C)c3)[NH+]3CCOCC3)c(O)n2n1. The van der Waals surface area contributed by atoms with Crippen molar-refractivity contribution in [2.45, 2.75) is 26.3 Å². The zero-order chi connectivity index (χ0) is 17.4. The summed E-state index contributed by atoms with van der Waals surface area (Å²) in [6.07, 6.45) is 0.763. The van der Waals surface area contributed by atoms with Crippen molar-refractivity contribution in [1.29, 1.82) is 0 Å². The van der Waals surface area contributed by atoms with E-state index in [1.807, 2.05) is 6.92 Å². The number of ether oxygens (including phenoxy) is 1. The van der Waals surface area contributed by atoms with Gasteiger partial charge in [0.15, 0.2) is 11.9 Å². The first kappa shape index (κ1) is 16.5. The molecule has 25 heavy (non-hydrogen) atoms. The first-order valence-corrected chi connectivity index (χ1v) is 9.55. The molecule has 0 spiro atoms. The van der Waals surface area contributed by atoms with Crippen LogP contribution in [0.4, 0.5) is 0 Å². The average molecular weight is 359 g/mol. The molecule has 0 unspecified atom stereocenters. The highest BCUT2D eigenvalue weighted by molar-refractivity contribution is 7.17. The highest BCUT2D eigenvalue weighted by atomic mass is 32.1. The highest BCUT2D eigenvalue weighted by Gasteiger charge is 2.33. The molecule has 0 radical (unpaired) electrons. The molecule has 3 heterocycles. The predicted molar refractivity (Wildman–Crippen MR) is 96.4 cm³/mol. The van der Waals surface area contributed by atoms with E-state index in [0.717, 1.165) is 48.4 Å². The van der Waals surface area contributed by atoms with Crippen molar-refractivity contribution in [3.05, 3.63) is 46.1 Å². The van der Waals surface area contributed by atoms with Gasteiger partial charge < -0.3 is 14.7 Å². The number of thiazole rings is 1. The molecule has 1 atom stereocenters. The van der Waals surface area contributed by atoms with E-state index >= 15 is 0 Å². The van der Waals surface area contributed by atoms with Crippen molar-refractivity contribution in [3.8, 4) is 5.88 Å². The summed E-state index contributed by atoms with van der Waals surface area (Å²) < 4.78 is 7.12. The lowest BCUT2D eigenvalue weighted by atomic mass is 10.0. The molecule has 6 nitrogen and oxygen atoms in total. The lowest BCUT2D eigenvalue weighted by Gasteiger charge is -2.31. The number of morpholine rings is 1. The van der Waals surface area contributed by atoms with Gasteiger partial charge in [-0.15, -0.1) is 5.10 Å². The van der Waals surface area contributed by atoms with E-state index in [1.54, 1.807) is 15.9 Å². The normalized spacial score (nSPS) is 17.2. The molecular weight excluding hydrogens is 336 g/mol. The maximum atomic E-state index is 10.9. The van der Waals surface area contributed by atoms with Crippen LogP contribution in [0, 0.1) is 6.92 Å². The summed E-state index contributed by atoms with van der Waals surface area (Å²) in [7, 11) is 0. The standard InChI is InChI=1S/C18H22N4O2S/c1-3-14-19-18-22(20-14)17(23)16(25-18)15(21-7-9-24-10-8-21)13-6-4-5-12(2)11-13/h4-6,11,15,23H,3,7-10H2,1-2H3/p+1/t15-/m1/s1. The molecule has 2 aromatic heterocycles. The van der Waals surface area contributed by atoms with E-state index in [2.05, 4.69) is 41.3 Å². The van der Waals surface area contributed by atoms with E-state index < -0.39 is 0 Å². The lowest BCUT2D eigenvalue weighted by molar-refractivity contribution is -0.932. The first-order valence-electron chi connectivity index (χ1n) is 8.73. The smallest absolute Gasteiger partial charge is 0.235 e. The number of aromatic hydroxyl groups is 1. The minimum atomic E-state index is 0.0716. The van der Waals surface area contributed by atoms with Gasteiger partial charge in [-0.1, -0.05) is 42.0 Å². The van der Waals surface area contributed by atoms with Gasteiger partial charge >= 0.3 is 0 Å². The molecule has 0 aliphatic carbocycles. The number of benzene rings is 1. The lowest BCUT2D eigenvalue weighted by Crippen LogP contribution is -3.14. The second-order valence-corrected chi connectivity index (χ2v) is 7.49. The molecule has 0 saturated carbocycles. The number of quaternary nitrogens is 1. The predicted octanol–water partition coefficient (Wildman–Crippen LogP) is 1.37. The zero-order valence-corrected chi connectivity index (χ0v) is 15.3. The highest BCUT2D eigenvalue weighted by Crippen LogP contribution is 2.35. The number of hydrogen-bond acceptors (Lipinski definition) is 5. The maximum absolute atomic E-state index is 10.9. The van der Waals surface area contributed by atoms with Crippen LogP contribution in [0.1, 0.15) is 34.8 Å². The number of hydrogen-bond donors (Lipinski definition) is 2. The minimum Gasteiger partial charge on any atom is -0.492 e. The Hall–Kier alpha value is -1.96. The summed E-state index contributed by atoms with van der Waals surface area (Å²) in [6, 6.07) is 8.61. The van der Waals surface area contributed by atoms with E-state index in [-0.39, 0.29) is 11.9 Å². The Bertz CT molecular complexity index is 882. The molecular formula is C18H23N4O2S+. The third-order valence-corrected chi connectivity index (χ3v) is 5.83. The van der Waals surface area contributed by atoms with Gasteiger partial charge in [0, 0.05) is 12.0 Å². The van der Waals surface area contributed by atoms with E-state index in [4.69, 9.17) is 4.74 Å². The fraction of sp³-hybridized carbons (Fsp3) is 0.444. The Labute approximate surface area is 150 Å². The fourth-order valence-corrected chi connectivity index (χ4v) is 4.63. The van der Waals surface area contributed by atoms with Crippen LogP contribution in [0.5, 0.6) is 5.88 Å². The van der Waals surface area contributed by atoms with Crippen LogP contribution in [-0.4, -0.2) is 46.0 Å². The third-order valence-electron chi connectivity index (χ3n) is 4.74. The van der Waals surface area contributed by atoms with Gasteiger partial charge in [-0.25, -0.2) is 4.98 Å². The van der Waals surface area contributed by atoms with Gasteiger partial charge in [-0.2, -0.15) is 4.52 Å². The summed E-state index contributed by atoms with van der Waals surface area (Å²) in [5.74, 6) is 0.983. The monoisotopic (exact) mass is 359 g/mol. The number of aryl methyl sites for hydroxylation is 2. The molecule has 132 valence electrons. The van der Waals surface area contributed by atoms with Gasteiger partial charge in [0.25, 0.3) is 0 Å². The molecule has 1 aliphatic heterocycles. The number of aromatic nitrogens is 3. The van der Waals surface area contributed by atoms with E-state index in [9.17, 15) is 5.11 Å². The molecule has 0 bridgehead atoms. The molecule has 4 rings (SSSR count). The summed E-state index contributed by atoms with van der Waals surface area (Å²) in [5, 5.41) is 15.3. The molecule has 1 saturated heterocycles. The van der Waals surface area contributed by atoms with Crippen LogP contribution >= 0.6 is 11.3 Å². The fourth-order valence-electron chi connectivity index (χ4n) is 3.47. The van der Waals surface area contributed by atoms with Gasteiger partial charge in [-0.3, -0.25) is 0 Å². The molecule has 1 aliphatic rings. The molecule has 7 heteroatoms. The topological polar surface area (TPSA) is 64.1 Å². The Morgan fingerprint density at radius 3 is 2.84 bits per heavy atom. The second-order valence-electron chi connectivity index (χ2n) is 6.48. The Morgan fingerprint density at radius 2 is 2.16 bits per heavy atom. The van der Waals surface area contributed by atoms with Gasteiger partial charge in [0.05, 0.1) is 13.2 Å². The number of nitrogens with zero attached hydrogens (tertiary/aromatic N) is 3. The zero-order valence-electron chi connectivity index (χ0n) is 14.5. The summed E-state index contributed by atoms with van der Waals surface area (Å²) >= 11 is 1.54. The molecule has 0 amide bonds. The van der Waals surface area contributed by atoms with E-state index in [0.29, 0.717) is 0 Å². The third kappa shape index (κ3) is 3.03. The van der Waals surface area contributed by atoms with Crippen LogP contribution in [0.2, 0.25) is 0 Å². The van der Waals surface area contributed by atoms with Crippen LogP contribution < -0.4 is 4.90 Å². The summed E-state index contributed by atoms with van der Waals surface area (Å²) in [5.41, 5.74) is 2.44. The molecule has 1 aromatic carbocycles. The van der Waals surface area contributed by atoms with Crippen molar-refractivity contribution < 1.29 is 14.7 Å². The van der Waals surface area contributed by atoms with Crippen LogP contribution in [0.3, 0.4) is 0 Å². The number of rotatable bonds is 4. The van der Waals surface area contributed by atoms with E-state index in [1.165, 1.54) is 16.0 Å². The van der Waals surface area contributed by atoms with Crippen LogP contribution in [0.25, 0.3) is 4.96 Å². The second kappa shape index (κ2) is 6.74. The summed E-state index contributed by atoms with van der Waals surface area (Å²) in [4.78, 5) is 7.63. The maximum Gasteiger partial charge on any atom is 0.235 e. The average Bonchev–Trinajstić information content (AvgIpc) is 3.16. The van der Waals surface area contributed by atoms with Crippen LogP contribution in [0.15, 0.2) is 24.3 Å². The van der Waals surface area contributed by atoms with Crippen molar-refractivity contribution in [3.63, 3.8) is 0 Å². The Morgan fingerprint density at radius 1 is 1.36 bits per heavy atom. The van der Waals surface area contributed by atoms with Gasteiger partial charge in [0.2, 0.25) is 10.8 Å². The van der Waals surface area contributed by atoms with Crippen molar-refractivity contribution >= 4 is 16.3 Å². The number of fused-ring (bicyclic) bond motifs is 1. The molecule has 2 N–H and O–H groups in total. The molecule has 1 fully saturated rings. The Kier molecular flexibility index (Phi) is 4.45. The van der Waals surface area contributed by atoms with Gasteiger partial charge in [0.1, 0.15) is 18.0 Å². The van der Waals surface area contributed by atoms with Crippen molar-refractivity contribution in [2.24, 2.45) is 0 Å². The van der Waals surface area contributed by atoms with Crippen LogP contribution in [-0.2, 0) is 11.2 Å². The minimum absolute atomic E-state index is 0.0716. The van der Waals surface area contributed by atoms with Gasteiger partial charge in [-0.05, 0) is 13.0 Å². The first-order chi connectivity index (χ1) is 12.2. The van der Waals surface area contributed by atoms with Crippen molar-refractivity contribution in [1.82, 2.24) is 14.6 Å². The number of nitrogens with one attached hydrogen (secondary N) is 1. The van der Waals surface area contributed by atoms with Crippen molar-refractivity contribution in [2.75, 3.05) is 26.3 Å².